The SMILES string of the molecule is CCCNC(Cc1ccc(F)cc1C)C(C)C(C)C. The van der Waals surface area contributed by atoms with Gasteiger partial charge in [-0.05, 0) is 61.4 Å². The first-order chi connectivity index (χ1) is 8.95. The van der Waals surface area contributed by atoms with Crippen LogP contribution in [0.5, 0.6) is 0 Å². The third-order valence-corrected chi connectivity index (χ3v) is 4.09. The van der Waals surface area contributed by atoms with E-state index in [1.54, 1.807) is 12.1 Å². The average Bonchev–Trinajstić information content (AvgIpc) is 2.36. The van der Waals surface area contributed by atoms with Crippen molar-refractivity contribution in [3.8, 4) is 0 Å². The van der Waals surface area contributed by atoms with Crippen LogP contribution in [0.2, 0.25) is 0 Å². The summed E-state index contributed by atoms with van der Waals surface area (Å²) in [5.74, 6) is 1.11. The molecule has 0 amide bonds. The lowest BCUT2D eigenvalue weighted by atomic mass is 9.85. The van der Waals surface area contributed by atoms with E-state index in [0.717, 1.165) is 24.9 Å². The highest BCUT2D eigenvalue weighted by Crippen LogP contribution is 2.20. The Morgan fingerprint density at radius 1 is 1.21 bits per heavy atom. The number of hydrogen-bond donors (Lipinski definition) is 1. The third-order valence-electron chi connectivity index (χ3n) is 4.09. The fraction of sp³-hybridized carbons (Fsp3) is 0.647. The second kappa shape index (κ2) is 7.64. The van der Waals surface area contributed by atoms with Crippen LogP contribution in [0.15, 0.2) is 18.2 Å². The Balaban J connectivity index is 2.81. The summed E-state index contributed by atoms with van der Waals surface area (Å²) in [5, 5.41) is 3.65. The van der Waals surface area contributed by atoms with Crippen molar-refractivity contribution >= 4 is 0 Å². The molecule has 1 rings (SSSR count). The molecule has 2 unspecified atom stereocenters. The van der Waals surface area contributed by atoms with Crippen LogP contribution in [0.25, 0.3) is 0 Å². The van der Waals surface area contributed by atoms with Crippen molar-refractivity contribution in [1.82, 2.24) is 5.32 Å². The Morgan fingerprint density at radius 3 is 2.42 bits per heavy atom. The van der Waals surface area contributed by atoms with Crippen LogP contribution in [-0.4, -0.2) is 12.6 Å². The van der Waals surface area contributed by atoms with E-state index >= 15 is 0 Å². The van der Waals surface area contributed by atoms with Gasteiger partial charge in [0.05, 0.1) is 0 Å². The predicted molar refractivity (Wildman–Crippen MR) is 80.9 cm³/mol. The first kappa shape index (κ1) is 16.2. The van der Waals surface area contributed by atoms with Gasteiger partial charge in [0.2, 0.25) is 0 Å². The van der Waals surface area contributed by atoms with Crippen LogP contribution in [0.1, 0.15) is 45.2 Å². The van der Waals surface area contributed by atoms with Crippen LogP contribution in [0, 0.1) is 24.6 Å². The molecule has 0 aliphatic carbocycles. The Bertz CT molecular complexity index is 387. The summed E-state index contributed by atoms with van der Waals surface area (Å²) in [6, 6.07) is 5.59. The highest BCUT2D eigenvalue weighted by Gasteiger charge is 2.20. The monoisotopic (exact) mass is 265 g/mol. The lowest BCUT2D eigenvalue weighted by Gasteiger charge is -2.28. The molecule has 0 spiro atoms. The average molecular weight is 265 g/mol. The summed E-state index contributed by atoms with van der Waals surface area (Å²) >= 11 is 0. The van der Waals surface area contributed by atoms with E-state index in [1.165, 1.54) is 5.56 Å². The number of benzene rings is 1. The van der Waals surface area contributed by atoms with Crippen LogP contribution >= 0.6 is 0 Å². The molecule has 0 heterocycles. The van der Waals surface area contributed by atoms with E-state index in [2.05, 4.69) is 33.0 Å². The van der Waals surface area contributed by atoms with Crippen molar-refractivity contribution < 1.29 is 4.39 Å². The minimum absolute atomic E-state index is 0.142. The Kier molecular flexibility index (Phi) is 6.50. The van der Waals surface area contributed by atoms with Crippen LogP contribution in [0.3, 0.4) is 0 Å². The van der Waals surface area contributed by atoms with Crippen LogP contribution in [-0.2, 0) is 6.42 Å². The van der Waals surface area contributed by atoms with Crippen LogP contribution in [0.4, 0.5) is 4.39 Å². The Morgan fingerprint density at radius 2 is 1.89 bits per heavy atom. The van der Waals surface area contributed by atoms with Gasteiger partial charge in [0.25, 0.3) is 0 Å². The molecule has 0 fully saturated rings. The lowest BCUT2D eigenvalue weighted by molar-refractivity contribution is 0.296. The first-order valence-electron chi connectivity index (χ1n) is 7.44. The summed E-state index contributed by atoms with van der Waals surface area (Å²) in [6.45, 7) is 12.1. The summed E-state index contributed by atoms with van der Waals surface area (Å²) in [6.07, 6.45) is 2.12. The van der Waals surface area contributed by atoms with Gasteiger partial charge in [0.1, 0.15) is 5.82 Å². The molecule has 1 N–H and O–H groups in total. The van der Waals surface area contributed by atoms with Gasteiger partial charge in [-0.2, -0.15) is 0 Å². The van der Waals surface area contributed by atoms with Crippen molar-refractivity contribution in [1.29, 1.82) is 0 Å². The first-order valence-corrected chi connectivity index (χ1v) is 7.44. The molecule has 0 radical (unpaired) electrons. The lowest BCUT2D eigenvalue weighted by Crippen LogP contribution is -2.39. The molecule has 0 aromatic heterocycles. The third kappa shape index (κ3) is 4.94. The quantitative estimate of drug-likeness (QED) is 0.773. The van der Waals surface area contributed by atoms with Crippen molar-refractivity contribution in [2.75, 3.05) is 6.54 Å². The van der Waals surface area contributed by atoms with Gasteiger partial charge < -0.3 is 5.32 Å². The van der Waals surface area contributed by atoms with E-state index in [-0.39, 0.29) is 5.82 Å². The van der Waals surface area contributed by atoms with Crippen LogP contribution < -0.4 is 5.32 Å². The molecule has 2 heteroatoms. The second-order valence-corrected chi connectivity index (χ2v) is 5.94. The van der Waals surface area contributed by atoms with Gasteiger partial charge in [-0.25, -0.2) is 4.39 Å². The number of aryl methyl sites for hydroxylation is 1. The molecule has 108 valence electrons. The molecule has 0 saturated heterocycles. The van der Waals surface area contributed by atoms with E-state index in [9.17, 15) is 4.39 Å². The Labute approximate surface area is 117 Å². The molecule has 0 bridgehead atoms. The van der Waals surface area contributed by atoms with Gasteiger partial charge in [-0.15, -0.1) is 0 Å². The molecular formula is C17H28FN. The smallest absolute Gasteiger partial charge is 0.123 e. The number of halogens is 1. The summed E-state index contributed by atoms with van der Waals surface area (Å²) in [7, 11) is 0. The highest BCUT2D eigenvalue weighted by atomic mass is 19.1. The molecule has 1 aromatic rings. The van der Waals surface area contributed by atoms with E-state index in [1.807, 2.05) is 13.0 Å². The zero-order valence-electron chi connectivity index (χ0n) is 13.0. The normalized spacial score (nSPS) is 14.7. The van der Waals surface area contributed by atoms with Crippen molar-refractivity contribution in [2.45, 2.75) is 53.5 Å². The largest absolute Gasteiger partial charge is 0.313 e. The number of hydrogen-bond acceptors (Lipinski definition) is 1. The minimum Gasteiger partial charge on any atom is -0.313 e. The van der Waals surface area contributed by atoms with Gasteiger partial charge >= 0.3 is 0 Å². The summed E-state index contributed by atoms with van der Waals surface area (Å²) in [5.41, 5.74) is 2.31. The fourth-order valence-electron chi connectivity index (χ4n) is 2.36. The molecular weight excluding hydrogens is 237 g/mol. The number of nitrogens with one attached hydrogen (secondary N) is 1. The predicted octanol–water partition coefficient (Wildman–Crippen LogP) is 4.34. The topological polar surface area (TPSA) is 12.0 Å². The number of rotatable bonds is 7. The molecule has 19 heavy (non-hydrogen) atoms. The standard InChI is InChI=1S/C17H28FN/c1-6-9-19-17(14(5)12(2)3)11-15-7-8-16(18)10-13(15)4/h7-8,10,12,14,17,19H,6,9,11H2,1-5H3. The van der Waals surface area contributed by atoms with Gasteiger partial charge in [-0.1, -0.05) is 33.8 Å². The van der Waals surface area contributed by atoms with Gasteiger partial charge in [0.15, 0.2) is 0 Å². The molecule has 0 aliphatic rings. The van der Waals surface area contributed by atoms with Crippen molar-refractivity contribution in [3.05, 3.63) is 35.1 Å². The van der Waals surface area contributed by atoms with E-state index < -0.39 is 0 Å². The zero-order valence-corrected chi connectivity index (χ0v) is 13.0. The highest BCUT2D eigenvalue weighted by molar-refractivity contribution is 5.27. The van der Waals surface area contributed by atoms with Gasteiger partial charge in [-0.3, -0.25) is 0 Å². The molecule has 0 saturated carbocycles. The molecule has 0 aliphatic heterocycles. The fourth-order valence-corrected chi connectivity index (χ4v) is 2.36. The van der Waals surface area contributed by atoms with E-state index in [0.29, 0.717) is 17.9 Å². The Hall–Kier alpha value is -0.890. The zero-order chi connectivity index (χ0) is 14.4. The van der Waals surface area contributed by atoms with Crippen molar-refractivity contribution in [3.63, 3.8) is 0 Å². The molecule has 1 nitrogen and oxygen atoms in total. The van der Waals surface area contributed by atoms with Gasteiger partial charge in [0, 0.05) is 6.04 Å². The van der Waals surface area contributed by atoms with E-state index in [4.69, 9.17) is 0 Å². The molecule has 1 aromatic carbocycles. The second-order valence-electron chi connectivity index (χ2n) is 5.94. The molecule has 2 atom stereocenters. The maximum atomic E-state index is 13.2. The minimum atomic E-state index is -0.142. The van der Waals surface area contributed by atoms with Crippen molar-refractivity contribution in [2.24, 2.45) is 11.8 Å². The maximum absolute atomic E-state index is 13.2. The maximum Gasteiger partial charge on any atom is 0.123 e. The summed E-state index contributed by atoms with van der Waals surface area (Å²) < 4.78 is 13.2. The summed E-state index contributed by atoms with van der Waals surface area (Å²) in [4.78, 5) is 0.